The Bertz CT molecular complexity index is 1090. The Morgan fingerprint density at radius 2 is 1.38 bits per heavy atom. The molecular formula is C26H26N4O2. The normalized spacial score (nSPS) is 12.0. The minimum Gasteiger partial charge on any atom is -0.388 e. The minimum atomic E-state index is -0.623. The zero-order chi connectivity index (χ0) is 22.3. The number of hydrogen-bond acceptors (Lipinski definition) is 4. The SMILES string of the molecule is CN(CC[C@@H](O)c1ccccc1)C(=O)c1cn(C(c2ccccc2)c2ccccc2)nn1. The lowest BCUT2D eigenvalue weighted by atomic mass is 9.99. The highest BCUT2D eigenvalue weighted by molar-refractivity contribution is 5.91. The van der Waals surface area contributed by atoms with Crippen LogP contribution < -0.4 is 0 Å². The molecule has 0 saturated heterocycles. The van der Waals surface area contributed by atoms with Crippen LogP contribution in [0, 0.1) is 0 Å². The molecule has 0 saturated carbocycles. The van der Waals surface area contributed by atoms with Gasteiger partial charge in [0, 0.05) is 13.6 Å². The van der Waals surface area contributed by atoms with Gasteiger partial charge in [0.1, 0.15) is 6.04 Å². The van der Waals surface area contributed by atoms with Gasteiger partial charge in [0.2, 0.25) is 0 Å². The number of nitrogens with zero attached hydrogens (tertiary/aromatic N) is 4. The van der Waals surface area contributed by atoms with Crippen molar-refractivity contribution in [1.29, 1.82) is 0 Å². The predicted molar refractivity (Wildman–Crippen MR) is 123 cm³/mol. The Balaban J connectivity index is 1.49. The average molecular weight is 427 g/mol. The lowest BCUT2D eigenvalue weighted by molar-refractivity contribution is 0.0755. The second-order valence-electron chi connectivity index (χ2n) is 7.75. The third kappa shape index (κ3) is 4.92. The molecular weight excluding hydrogens is 400 g/mol. The van der Waals surface area contributed by atoms with Gasteiger partial charge in [0.25, 0.3) is 5.91 Å². The molecule has 4 rings (SSSR count). The van der Waals surface area contributed by atoms with Crippen molar-refractivity contribution in [2.75, 3.05) is 13.6 Å². The number of amides is 1. The molecule has 4 aromatic rings. The summed E-state index contributed by atoms with van der Waals surface area (Å²) in [6.07, 6.45) is 1.51. The van der Waals surface area contributed by atoms with Crippen LogP contribution in [0.2, 0.25) is 0 Å². The highest BCUT2D eigenvalue weighted by Gasteiger charge is 2.22. The van der Waals surface area contributed by atoms with Crippen molar-refractivity contribution in [3.8, 4) is 0 Å². The van der Waals surface area contributed by atoms with Crippen LogP contribution in [0.15, 0.2) is 97.2 Å². The molecule has 0 radical (unpaired) electrons. The molecule has 1 aromatic heterocycles. The highest BCUT2D eigenvalue weighted by atomic mass is 16.3. The second kappa shape index (κ2) is 10.0. The molecule has 0 aliphatic rings. The van der Waals surface area contributed by atoms with Crippen molar-refractivity contribution in [1.82, 2.24) is 19.9 Å². The molecule has 3 aromatic carbocycles. The summed E-state index contributed by atoms with van der Waals surface area (Å²) in [6.45, 7) is 0.405. The largest absolute Gasteiger partial charge is 0.388 e. The maximum Gasteiger partial charge on any atom is 0.275 e. The summed E-state index contributed by atoms with van der Waals surface area (Å²) in [5.41, 5.74) is 3.23. The number of aliphatic hydroxyl groups excluding tert-OH is 1. The Kier molecular flexibility index (Phi) is 6.72. The molecule has 1 N–H and O–H groups in total. The molecule has 6 nitrogen and oxygen atoms in total. The van der Waals surface area contributed by atoms with Crippen molar-refractivity contribution in [3.05, 3.63) is 120 Å². The summed E-state index contributed by atoms with van der Waals surface area (Å²) in [5, 5.41) is 18.8. The van der Waals surface area contributed by atoms with Gasteiger partial charge in [0.05, 0.1) is 12.3 Å². The number of rotatable bonds is 8. The number of aliphatic hydroxyl groups is 1. The quantitative estimate of drug-likeness (QED) is 0.460. The van der Waals surface area contributed by atoms with Gasteiger partial charge in [-0.15, -0.1) is 5.10 Å². The van der Waals surface area contributed by atoms with Gasteiger partial charge in [-0.25, -0.2) is 4.68 Å². The van der Waals surface area contributed by atoms with Gasteiger partial charge in [0.15, 0.2) is 5.69 Å². The Morgan fingerprint density at radius 1 is 0.875 bits per heavy atom. The molecule has 1 amide bonds. The van der Waals surface area contributed by atoms with E-state index < -0.39 is 6.10 Å². The number of hydrogen-bond donors (Lipinski definition) is 1. The lowest BCUT2D eigenvalue weighted by Crippen LogP contribution is -2.29. The van der Waals surface area contributed by atoms with Gasteiger partial charge in [-0.1, -0.05) is 96.2 Å². The summed E-state index contributed by atoms with van der Waals surface area (Å²) in [6, 6.07) is 29.3. The van der Waals surface area contributed by atoms with E-state index in [1.807, 2.05) is 91.0 Å². The fourth-order valence-electron chi connectivity index (χ4n) is 3.72. The molecule has 1 heterocycles. The van der Waals surface area contributed by atoms with Crippen LogP contribution in [0.25, 0.3) is 0 Å². The van der Waals surface area contributed by atoms with Gasteiger partial charge in [-0.2, -0.15) is 0 Å². The standard InChI is InChI=1S/C26H26N4O2/c1-29(18-17-24(31)20-11-5-2-6-12-20)26(32)23-19-30(28-27-23)25(21-13-7-3-8-14-21)22-15-9-4-10-16-22/h2-16,19,24-25,31H,17-18H2,1H3/t24-/m1/s1. The van der Waals surface area contributed by atoms with E-state index in [9.17, 15) is 9.90 Å². The highest BCUT2D eigenvalue weighted by Crippen LogP contribution is 2.26. The van der Waals surface area contributed by atoms with Gasteiger partial charge in [-0.05, 0) is 23.1 Å². The monoisotopic (exact) mass is 426 g/mol. The Hall–Kier alpha value is -3.77. The van der Waals surface area contributed by atoms with E-state index in [0.29, 0.717) is 13.0 Å². The van der Waals surface area contributed by atoms with E-state index in [1.54, 1.807) is 22.8 Å². The lowest BCUT2D eigenvalue weighted by Gasteiger charge is -2.19. The molecule has 0 aliphatic carbocycles. The maximum absolute atomic E-state index is 12.9. The van der Waals surface area contributed by atoms with E-state index in [1.165, 1.54) is 0 Å². The fourth-order valence-corrected chi connectivity index (χ4v) is 3.72. The van der Waals surface area contributed by atoms with E-state index in [-0.39, 0.29) is 17.6 Å². The summed E-state index contributed by atoms with van der Waals surface area (Å²) in [5.74, 6) is -0.226. The minimum absolute atomic E-state index is 0.184. The van der Waals surface area contributed by atoms with E-state index in [4.69, 9.17) is 0 Å². The van der Waals surface area contributed by atoms with E-state index >= 15 is 0 Å². The molecule has 6 heteroatoms. The average Bonchev–Trinajstić information content (AvgIpc) is 3.33. The third-order valence-corrected chi connectivity index (χ3v) is 5.49. The molecule has 0 unspecified atom stereocenters. The summed E-state index contributed by atoms with van der Waals surface area (Å²) in [4.78, 5) is 14.5. The van der Waals surface area contributed by atoms with E-state index in [2.05, 4.69) is 10.3 Å². The maximum atomic E-state index is 12.9. The van der Waals surface area contributed by atoms with Crippen LogP contribution in [-0.4, -0.2) is 44.5 Å². The van der Waals surface area contributed by atoms with Crippen molar-refractivity contribution >= 4 is 5.91 Å². The van der Waals surface area contributed by atoms with Crippen molar-refractivity contribution in [3.63, 3.8) is 0 Å². The van der Waals surface area contributed by atoms with Crippen LogP contribution in [-0.2, 0) is 0 Å². The first-order valence-corrected chi connectivity index (χ1v) is 10.6. The smallest absolute Gasteiger partial charge is 0.275 e. The van der Waals surface area contributed by atoms with Crippen LogP contribution in [0.5, 0.6) is 0 Å². The fraction of sp³-hybridized carbons (Fsp3) is 0.192. The zero-order valence-electron chi connectivity index (χ0n) is 18.0. The zero-order valence-corrected chi connectivity index (χ0v) is 18.0. The second-order valence-corrected chi connectivity index (χ2v) is 7.75. The van der Waals surface area contributed by atoms with Gasteiger partial charge >= 0.3 is 0 Å². The third-order valence-electron chi connectivity index (χ3n) is 5.49. The van der Waals surface area contributed by atoms with E-state index in [0.717, 1.165) is 16.7 Å². The van der Waals surface area contributed by atoms with Crippen molar-refractivity contribution < 1.29 is 9.90 Å². The van der Waals surface area contributed by atoms with Crippen molar-refractivity contribution in [2.45, 2.75) is 18.6 Å². The molecule has 162 valence electrons. The molecule has 1 atom stereocenters. The first kappa shape index (κ1) is 21.5. The number of carbonyl (C=O) groups is 1. The first-order valence-electron chi connectivity index (χ1n) is 10.6. The molecule has 0 fully saturated rings. The van der Waals surface area contributed by atoms with Crippen LogP contribution in [0.4, 0.5) is 0 Å². The summed E-state index contributed by atoms with van der Waals surface area (Å²) < 4.78 is 1.73. The predicted octanol–water partition coefficient (Wildman–Crippen LogP) is 4.11. The van der Waals surface area contributed by atoms with Crippen LogP contribution in [0.1, 0.15) is 45.7 Å². The Morgan fingerprint density at radius 3 is 1.91 bits per heavy atom. The number of carbonyl (C=O) groups excluding carboxylic acids is 1. The number of benzene rings is 3. The Labute approximate surface area is 187 Å². The summed E-state index contributed by atoms with van der Waals surface area (Å²) in [7, 11) is 1.71. The van der Waals surface area contributed by atoms with Gasteiger partial charge in [-0.3, -0.25) is 4.79 Å². The van der Waals surface area contributed by atoms with Crippen molar-refractivity contribution in [2.24, 2.45) is 0 Å². The molecule has 0 spiro atoms. The van der Waals surface area contributed by atoms with Crippen LogP contribution >= 0.6 is 0 Å². The number of aromatic nitrogens is 3. The van der Waals surface area contributed by atoms with Crippen LogP contribution in [0.3, 0.4) is 0 Å². The molecule has 32 heavy (non-hydrogen) atoms. The van der Waals surface area contributed by atoms with Gasteiger partial charge < -0.3 is 10.0 Å². The molecule has 0 bridgehead atoms. The molecule has 0 aliphatic heterocycles. The summed E-state index contributed by atoms with van der Waals surface area (Å²) >= 11 is 0. The topological polar surface area (TPSA) is 71.2 Å². The first-order chi connectivity index (χ1) is 15.6.